The number of urea groups is 1. The van der Waals surface area contributed by atoms with E-state index in [2.05, 4.69) is 15.5 Å². The third-order valence-corrected chi connectivity index (χ3v) is 4.62. The molecule has 3 rings (SSSR count). The summed E-state index contributed by atoms with van der Waals surface area (Å²) in [7, 11) is 0. The molecule has 0 aliphatic heterocycles. The van der Waals surface area contributed by atoms with Crippen molar-refractivity contribution in [3.05, 3.63) is 47.4 Å². The van der Waals surface area contributed by atoms with Gasteiger partial charge in [-0.3, -0.25) is 4.79 Å². The minimum absolute atomic E-state index is 0.00818. The van der Waals surface area contributed by atoms with Crippen molar-refractivity contribution >= 4 is 11.9 Å². The zero-order chi connectivity index (χ0) is 19.2. The van der Waals surface area contributed by atoms with Crippen molar-refractivity contribution in [1.82, 2.24) is 20.4 Å². The predicted molar refractivity (Wildman–Crippen MR) is 93.9 cm³/mol. The smallest absolute Gasteiger partial charge is 0.318 e. The number of aromatic nitrogens is 2. The molecule has 144 valence electrons. The summed E-state index contributed by atoms with van der Waals surface area (Å²) in [4.78, 5) is 29.4. The molecule has 3 amide bonds. The van der Waals surface area contributed by atoms with Crippen molar-refractivity contribution < 1.29 is 18.5 Å². The van der Waals surface area contributed by atoms with E-state index in [0.29, 0.717) is 6.54 Å². The van der Waals surface area contributed by atoms with Gasteiger partial charge in [-0.2, -0.15) is 4.98 Å². The third-order valence-electron chi connectivity index (χ3n) is 4.62. The number of nitrogens with one attached hydrogen (secondary N) is 1. The van der Waals surface area contributed by atoms with Crippen LogP contribution in [0.5, 0.6) is 0 Å². The summed E-state index contributed by atoms with van der Waals surface area (Å²) in [6, 6.07) is 5.97. The zero-order valence-corrected chi connectivity index (χ0v) is 14.9. The molecule has 3 N–H and O–H groups in total. The van der Waals surface area contributed by atoms with Gasteiger partial charge in [0.1, 0.15) is 5.82 Å². The fourth-order valence-corrected chi connectivity index (χ4v) is 3.23. The van der Waals surface area contributed by atoms with Gasteiger partial charge in [0.15, 0.2) is 0 Å². The van der Waals surface area contributed by atoms with Crippen molar-refractivity contribution in [2.45, 2.75) is 51.2 Å². The summed E-state index contributed by atoms with van der Waals surface area (Å²) in [5.41, 5.74) is 5.93. The van der Waals surface area contributed by atoms with Crippen LogP contribution >= 0.6 is 0 Å². The first-order valence-electron chi connectivity index (χ1n) is 8.94. The van der Waals surface area contributed by atoms with Crippen LogP contribution in [0.3, 0.4) is 0 Å². The van der Waals surface area contributed by atoms with E-state index >= 15 is 0 Å². The van der Waals surface area contributed by atoms with Crippen LogP contribution in [0.15, 0.2) is 28.8 Å². The van der Waals surface area contributed by atoms with Crippen LogP contribution in [0.4, 0.5) is 9.18 Å². The molecule has 0 bridgehead atoms. The van der Waals surface area contributed by atoms with E-state index in [9.17, 15) is 14.0 Å². The highest BCUT2D eigenvalue weighted by Crippen LogP contribution is 2.24. The number of amides is 3. The van der Waals surface area contributed by atoms with Gasteiger partial charge >= 0.3 is 6.03 Å². The average Bonchev–Trinajstić information content (AvgIpc) is 3.16. The molecule has 2 aromatic rings. The normalized spacial score (nSPS) is 14.7. The van der Waals surface area contributed by atoms with Crippen LogP contribution in [-0.2, 0) is 13.1 Å². The molecule has 27 heavy (non-hydrogen) atoms. The highest BCUT2D eigenvalue weighted by Gasteiger charge is 2.26. The quantitative estimate of drug-likeness (QED) is 0.804. The molecule has 0 atom stereocenters. The third kappa shape index (κ3) is 5.02. The molecule has 0 spiro atoms. The number of nitrogens with two attached hydrogens (primary N) is 1. The number of hydrogen-bond donors (Lipinski definition) is 2. The monoisotopic (exact) mass is 375 g/mol. The molecule has 0 radical (unpaired) electrons. The maximum Gasteiger partial charge on any atom is 0.318 e. The van der Waals surface area contributed by atoms with Crippen LogP contribution in [0.1, 0.15) is 54.2 Å². The fourth-order valence-electron chi connectivity index (χ4n) is 3.23. The van der Waals surface area contributed by atoms with E-state index in [1.807, 2.05) is 0 Å². The Balaban J connectivity index is 1.67. The van der Waals surface area contributed by atoms with Crippen molar-refractivity contribution in [3.8, 4) is 0 Å². The average molecular weight is 375 g/mol. The van der Waals surface area contributed by atoms with E-state index < -0.39 is 5.91 Å². The first-order chi connectivity index (χ1) is 13.0. The summed E-state index contributed by atoms with van der Waals surface area (Å²) >= 11 is 0. The number of halogens is 1. The Bertz CT molecular complexity index is 787. The second kappa shape index (κ2) is 8.61. The lowest BCUT2D eigenvalue weighted by atomic mass is 9.94. The van der Waals surface area contributed by atoms with Crippen LogP contribution in [0.2, 0.25) is 0 Å². The molecule has 1 aliphatic carbocycles. The minimum atomic E-state index is -0.795. The zero-order valence-electron chi connectivity index (χ0n) is 14.9. The van der Waals surface area contributed by atoms with Crippen LogP contribution < -0.4 is 11.1 Å². The van der Waals surface area contributed by atoms with E-state index in [1.165, 1.54) is 18.6 Å². The number of primary amides is 1. The van der Waals surface area contributed by atoms with Crippen molar-refractivity contribution in [2.75, 3.05) is 0 Å². The van der Waals surface area contributed by atoms with Gasteiger partial charge in [-0.25, -0.2) is 9.18 Å². The molecule has 9 heteroatoms. The van der Waals surface area contributed by atoms with Gasteiger partial charge in [0.2, 0.25) is 5.89 Å². The highest BCUT2D eigenvalue weighted by atomic mass is 19.1. The first kappa shape index (κ1) is 18.8. The largest absolute Gasteiger partial charge is 0.363 e. The lowest BCUT2D eigenvalue weighted by molar-refractivity contribution is 0.0987. The van der Waals surface area contributed by atoms with Gasteiger partial charge in [0.05, 0.1) is 6.54 Å². The Labute approximate surface area is 155 Å². The molecular formula is C18H22FN5O3. The Morgan fingerprint density at radius 3 is 2.56 bits per heavy atom. The summed E-state index contributed by atoms with van der Waals surface area (Å²) in [5, 5.41) is 6.19. The first-order valence-corrected chi connectivity index (χ1v) is 8.94. The molecule has 8 nitrogen and oxygen atoms in total. The number of hydrogen-bond acceptors (Lipinski definition) is 5. The standard InChI is InChI=1S/C18H22FN5O3/c19-13-8-6-12(7-9-13)11-24(14-4-2-1-3-5-14)18(26)21-10-15-22-17(16(20)25)23-27-15/h6-9,14H,1-5,10-11H2,(H2,20,25)(H,21,26). The molecule has 1 aliphatic rings. The number of rotatable bonds is 6. The second-order valence-corrected chi connectivity index (χ2v) is 6.58. The fraction of sp³-hybridized carbons (Fsp3) is 0.444. The summed E-state index contributed by atoms with van der Waals surface area (Å²) in [5.74, 6) is -1.23. The molecule has 1 aromatic carbocycles. The van der Waals surface area contributed by atoms with Crippen molar-refractivity contribution in [3.63, 3.8) is 0 Å². The maximum absolute atomic E-state index is 13.2. The maximum atomic E-state index is 13.2. The second-order valence-electron chi connectivity index (χ2n) is 6.58. The molecule has 1 saturated carbocycles. The van der Waals surface area contributed by atoms with E-state index in [4.69, 9.17) is 10.3 Å². The number of nitrogens with zero attached hydrogens (tertiary/aromatic N) is 3. The SMILES string of the molecule is NC(=O)c1noc(CNC(=O)N(Cc2ccc(F)cc2)C2CCCCC2)n1. The number of benzene rings is 1. The predicted octanol–water partition coefficient (Wildman–Crippen LogP) is 2.35. The van der Waals surface area contributed by atoms with Crippen molar-refractivity contribution in [2.24, 2.45) is 5.73 Å². The summed E-state index contributed by atoms with van der Waals surface area (Å²) < 4.78 is 18.1. The number of carbonyl (C=O) groups is 2. The Kier molecular flexibility index (Phi) is 6.00. The van der Waals surface area contributed by atoms with Crippen LogP contribution in [0, 0.1) is 5.82 Å². The molecule has 1 aromatic heterocycles. The van der Waals surface area contributed by atoms with Gasteiger partial charge in [-0.15, -0.1) is 0 Å². The van der Waals surface area contributed by atoms with Gasteiger partial charge in [-0.1, -0.05) is 36.6 Å². The number of carbonyl (C=O) groups excluding carboxylic acids is 2. The molecule has 0 unspecified atom stereocenters. The molecule has 1 fully saturated rings. The Morgan fingerprint density at radius 1 is 1.22 bits per heavy atom. The van der Waals surface area contributed by atoms with Gasteiger partial charge in [0, 0.05) is 12.6 Å². The van der Waals surface area contributed by atoms with E-state index in [0.717, 1.165) is 31.2 Å². The molecule has 1 heterocycles. The van der Waals surface area contributed by atoms with E-state index in [1.54, 1.807) is 17.0 Å². The van der Waals surface area contributed by atoms with Crippen LogP contribution in [0.25, 0.3) is 0 Å². The molecule has 0 saturated heterocycles. The lowest BCUT2D eigenvalue weighted by Gasteiger charge is -2.34. The Hall–Kier alpha value is -2.97. The molecular weight excluding hydrogens is 353 g/mol. The minimum Gasteiger partial charge on any atom is -0.363 e. The Morgan fingerprint density at radius 2 is 1.93 bits per heavy atom. The van der Waals surface area contributed by atoms with Crippen LogP contribution in [-0.4, -0.2) is 33.0 Å². The van der Waals surface area contributed by atoms with Gasteiger partial charge < -0.3 is 20.5 Å². The summed E-state index contributed by atoms with van der Waals surface area (Å²) in [6.07, 6.45) is 5.18. The summed E-state index contributed by atoms with van der Waals surface area (Å²) in [6.45, 7) is 0.374. The van der Waals surface area contributed by atoms with E-state index in [-0.39, 0.29) is 36.2 Å². The highest BCUT2D eigenvalue weighted by molar-refractivity contribution is 5.88. The topological polar surface area (TPSA) is 114 Å². The van der Waals surface area contributed by atoms with Crippen molar-refractivity contribution in [1.29, 1.82) is 0 Å². The van der Waals surface area contributed by atoms with Gasteiger partial charge in [-0.05, 0) is 30.5 Å². The lowest BCUT2D eigenvalue weighted by Crippen LogP contribution is -2.46. The van der Waals surface area contributed by atoms with Gasteiger partial charge in [0.25, 0.3) is 11.7 Å².